The van der Waals surface area contributed by atoms with E-state index in [4.69, 9.17) is 0 Å². The Hall–Kier alpha value is -1.24. The fourth-order valence-electron chi connectivity index (χ4n) is 1.57. The van der Waals surface area contributed by atoms with Crippen molar-refractivity contribution in [2.75, 3.05) is 18.9 Å². The summed E-state index contributed by atoms with van der Waals surface area (Å²) in [5.41, 5.74) is -0.882. The molecule has 2 N–H and O–H groups in total. The van der Waals surface area contributed by atoms with Gasteiger partial charge < -0.3 is 10.6 Å². The van der Waals surface area contributed by atoms with Crippen LogP contribution in [-0.4, -0.2) is 19.5 Å². The normalized spacial score (nSPS) is 12.2. The van der Waals surface area contributed by atoms with E-state index in [9.17, 15) is 18.0 Å². The van der Waals surface area contributed by atoms with Crippen molar-refractivity contribution in [2.24, 2.45) is 5.41 Å². The first-order valence-corrected chi connectivity index (χ1v) is 6.70. The van der Waals surface area contributed by atoms with Gasteiger partial charge in [-0.1, -0.05) is 0 Å². The average Bonchev–Trinajstić information content (AvgIpc) is 2.35. The lowest BCUT2D eigenvalue weighted by Gasteiger charge is -2.24. The molecule has 3 nitrogen and oxygen atoms in total. The highest BCUT2D eigenvalue weighted by Crippen LogP contribution is 2.34. The molecule has 1 aromatic carbocycles. The van der Waals surface area contributed by atoms with Gasteiger partial charge in [0.2, 0.25) is 5.91 Å². The summed E-state index contributed by atoms with van der Waals surface area (Å²) < 4.78 is 37.9. The first-order chi connectivity index (χ1) is 9.08. The van der Waals surface area contributed by atoms with Gasteiger partial charge >= 0.3 is 6.18 Å². The predicted octanol–water partition coefficient (Wildman–Crippen LogP) is 3.65. The van der Waals surface area contributed by atoms with Crippen LogP contribution in [0.2, 0.25) is 0 Å². The van der Waals surface area contributed by atoms with Crippen LogP contribution >= 0.6 is 15.9 Å². The number of hydrogen-bond acceptors (Lipinski definition) is 2. The number of carbonyl (C=O) groups excluding carboxylic acids is 1. The lowest BCUT2D eigenvalue weighted by Crippen LogP contribution is -2.39. The van der Waals surface area contributed by atoms with Crippen LogP contribution in [0.25, 0.3) is 0 Å². The van der Waals surface area contributed by atoms with E-state index < -0.39 is 17.2 Å². The second-order valence-corrected chi connectivity index (χ2v) is 5.86. The summed E-state index contributed by atoms with van der Waals surface area (Å²) in [4.78, 5) is 11.6. The molecule has 1 rings (SSSR count). The Kier molecular flexibility index (Phi) is 5.07. The molecule has 7 heteroatoms. The van der Waals surface area contributed by atoms with E-state index in [0.29, 0.717) is 16.7 Å². The smallest absolute Gasteiger partial charge is 0.383 e. The van der Waals surface area contributed by atoms with Gasteiger partial charge in [0.25, 0.3) is 0 Å². The van der Waals surface area contributed by atoms with E-state index in [1.54, 1.807) is 13.8 Å². The van der Waals surface area contributed by atoms with Gasteiger partial charge in [0, 0.05) is 23.8 Å². The minimum absolute atomic E-state index is 0.145. The van der Waals surface area contributed by atoms with Crippen molar-refractivity contribution in [3.05, 3.63) is 28.2 Å². The van der Waals surface area contributed by atoms with Gasteiger partial charge in [-0.15, -0.1) is 0 Å². The summed E-state index contributed by atoms with van der Waals surface area (Å²) in [5.74, 6) is -0.145. The summed E-state index contributed by atoms with van der Waals surface area (Å²) >= 11 is 3.10. The van der Waals surface area contributed by atoms with Crippen LogP contribution in [0.15, 0.2) is 22.7 Å². The monoisotopic (exact) mass is 352 g/mol. The number of amides is 1. The zero-order chi connectivity index (χ0) is 15.6. The lowest BCUT2D eigenvalue weighted by atomic mass is 9.92. The van der Waals surface area contributed by atoms with Crippen molar-refractivity contribution in [1.82, 2.24) is 5.32 Å². The van der Waals surface area contributed by atoms with Crippen molar-refractivity contribution in [3.8, 4) is 0 Å². The molecule has 0 atom stereocenters. The maximum atomic E-state index is 12.5. The van der Waals surface area contributed by atoms with Gasteiger partial charge in [0.1, 0.15) is 0 Å². The number of rotatable bonds is 4. The molecule has 1 amide bonds. The highest BCUT2D eigenvalue weighted by Gasteiger charge is 2.31. The molecule has 20 heavy (non-hydrogen) atoms. The quantitative estimate of drug-likeness (QED) is 0.868. The Balaban J connectivity index is 2.83. The van der Waals surface area contributed by atoms with Crippen molar-refractivity contribution < 1.29 is 18.0 Å². The fraction of sp³-hybridized carbons (Fsp3) is 0.462. The van der Waals surface area contributed by atoms with Crippen LogP contribution in [0.4, 0.5) is 18.9 Å². The number of hydrogen-bond donors (Lipinski definition) is 2. The third-order valence-corrected chi connectivity index (χ3v) is 3.52. The molecular weight excluding hydrogens is 337 g/mol. The fourth-order valence-corrected chi connectivity index (χ4v) is 2.09. The lowest BCUT2D eigenvalue weighted by molar-refractivity contribution is -0.137. The zero-order valence-electron chi connectivity index (χ0n) is 11.4. The zero-order valence-corrected chi connectivity index (χ0v) is 12.9. The van der Waals surface area contributed by atoms with Crippen LogP contribution in [0.5, 0.6) is 0 Å². The summed E-state index contributed by atoms with van der Waals surface area (Å²) in [5, 5.41) is 5.52. The number of nitrogens with one attached hydrogen (secondary N) is 2. The molecule has 0 aliphatic heterocycles. The van der Waals surface area contributed by atoms with Gasteiger partial charge in [-0.25, -0.2) is 0 Å². The van der Waals surface area contributed by atoms with Crippen molar-refractivity contribution in [3.63, 3.8) is 0 Å². The molecule has 0 bridgehead atoms. The first kappa shape index (κ1) is 16.8. The Bertz CT molecular complexity index is 501. The van der Waals surface area contributed by atoms with Gasteiger partial charge in [-0.2, -0.15) is 13.2 Å². The van der Waals surface area contributed by atoms with Gasteiger partial charge in [-0.3, -0.25) is 4.79 Å². The second-order valence-electron chi connectivity index (χ2n) is 5.01. The SMILES string of the molecule is CNC(=O)C(C)(C)CNc1ccc(C(F)(F)F)cc1Br. The molecule has 0 saturated heterocycles. The second kappa shape index (κ2) is 6.03. The Labute approximate surface area is 124 Å². The van der Waals surface area contributed by atoms with E-state index >= 15 is 0 Å². The Morgan fingerprint density at radius 2 is 1.90 bits per heavy atom. The third kappa shape index (κ3) is 4.13. The highest BCUT2D eigenvalue weighted by atomic mass is 79.9. The molecular formula is C13H16BrF3N2O. The maximum absolute atomic E-state index is 12.5. The summed E-state index contributed by atoms with van der Waals surface area (Å²) in [6, 6.07) is 3.35. The van der Waals surface area contributed by atoms with Crippen molar-refractivity contribution >= 4 is 27.5 Å². The molecule has 0 aliphatic rings. The molecule has 0 saturated carbocycles. The molecule has 0 aliphatic carbocycles. The number of halogens is 4. The molecule has 0 heterocycles. The van der Waals surface area contributed by atoms with E-state index in [-0.39, 0.29) is 5.91 Å². The van der Waals surface area contributed by atoms with E-state index in [2.05, 4.69) is 26.6 Å². The number of carbonyl (C=O) groups is 1. The van der Waals surface area contributed by atoms with Gasteiger partial charge in [0.05, 0.1) is 11.0 Å². The van der Waals surface area contributed by atoms with Crippen LogP contribution in [0, 0.1) is 5.41 Å². The first-order valence-electron chi connectivity index (χ1n) is 5.91. The summed E-state index contributed by atoms with van der Waals surface area (Å²) in [6.07, 6.45) is -4.37. The predicted molar refractivity (Wildman–Crippen MR) is 75.5 cm³/mol. The van der Waals surface area contributed by atoms with Crippen LogP contribution < -0.4 is 10.6 Å². The average molecular weight is 353 g/mol. The standard InChI is InChI=1S/C13H16BrF3N2O/c1-12(2,11(20)18-3)7-19-10-5-4-8(6-9(10)14)13(15,16)17/h4-6,19H,7H2,1-3H3,(H,18,20). The van der Waals surface area contributed by atoms with E-state index in [0.717, 1.165) is 12.1 Å². The molecule has 0 spiro atoms. The number of alkyl halides is 3. The van der Waals surface area contributed by atoms with Crippen LogP contribution in [0.3, 0.4) is 0 Å². The molecule has 112 valence electrons. The summed E-state index contributed by atoms with van der Waals surface area (Å²) in [7, 11) is 1.54. The molecule has 1 aromatic rings. The van der Waals surface area contributed by atoms with Crippen LogP contribution in [0.1, 0.15) is 19.4 Å². The largest absolute Gasteiger partial charge is 0.416 e. The number of benzene rings is 1. The highest BCUT2D eigenvalue weighted by molar-refractivity contribution is 9.10. The minimum Gasteiger partial charge on any atom is -0.383 e. The topological polar surface area (TPSA) is 41.1 Å². The molecule has 0 unspecified atom stereocenters. The third-order valence-electron chi connectivity index (χ3n) is 2.86. The molecule has 0 aromatic heterocycles. The van der Waals surface area contributed by atoms with Gasteiger partial charge in [-0.05, 0) is 48.0 Å². The Morgan fingerprint density at radius 3 is 2.35 bits per heavy atom. The summed E-state index contributed by atoms with van der Waals surface area (Å²) in [6.45, 7) is 3.80. The van der Waals surface area contributed by atoms with E-state index in [1.165, 1.54) is 13.1 Å². The minimum atomic E-state index is -4.37. The van der Waals surface area contributed by atoms with Crippen molar-refractivity contribution in [2.45, 2.75) is 20.0 Å². The molecule has 0 radical (unpaired) electrons. The van der Waals surface area contributed by atoms with Crippen LogP contribution in [-0.2, 0) is 11.0 Å². The molecule has 0 fully saturated rings. The number of anilines is 1. The van der Waals surface area contributed by atoms with E-state index in [1.807, 2.05) is 0 Å². The van der Waals surface area contributed by atoms with Gasteiger partial charge in [0.15, 0.2) is 0 Å². The Morgan fingerprint density at radius 1 is 1.30 bits per heavy atom. The van der Waals surface area contributed by atoms with Crippen molar-refractivity contribution in [1.29, 1.82) is 0 Å². The maximum Gasteiger partial charge on any atom is 0.416 e.